The van der Waals surface area contributed by atoms with Crippen LogP contribution in [0.2, 0.25) is 0 Å². The lowest BCUT2D eigenvalue weighted by atomic mass is 10.3. The quantitative estimate of drug-likeness (QED) is 0.649. The predicted octanol–water partition coefficient (Wildman–Crippen LogP) is 3.24. The molecule has 120 valence electrons. The third kappa shape index (κ3) is 5.71. The van der Waals surface area contributed by atoms with Crippen molar-refractivity contribution in [3.8, 4) is 0 Å². The SMILES string of the molecule is O=C(COC(=O)CSc1cc(F)ccc1F)Nc1ccccc1. The third-order valence-electron chi connectivity index (χ3n) is 2.66. The lowest BCUT2D eigenvalue weighted by Gasteiger charge is -2.07. The molecule has 0 heterocycles. The monoisotopic (exact) mass is 337 g/mol. The molecule has 7 heteroatoms. The number of halogens is 2. The Morgan fingerprint density at radius 3 is 2.57 bits per heavy atom. The van der Waals surface area contributed by atoms with Crippen molar-refractivity contribution >= 4 is 29.3 Å². The molecule has 0 aliphatic rings. The van der Waals surface area contributed by atoms with Gasteiger partial charge in [-0.25, -0.2) is 8.78 Å². The fourth-order valence-corrected chi connectivity index (χ4v) is 2.39. The molecule has 0 saturated carbocycles. The normalized spacial score (nSPS) is 10.2. The Morgan fingerprint density at radius 1 is 1.09 bits per heavy atom. The van der Waals surface area contributed by atoms with Crippen molar-refractivity contribution in [1.82, 2.24) is 0 Å². The molecule has 0 aliphatic carbocycles. The summed E-state index contributed by atoms with van der Waals surface area (Å²) >= 11 is 0.804. The molecule has 0 saturated heterocycles. The van der Waals surface area contributed by atoms with E-state index in [0.29, 0.717) is 5.69 Å². The molecule has 0 unspecified atom stereocenters. The number of hydrogen-bond acceptors (Lipinski definition) is 4. The van der Waals surface area contributed by atoms with E-state index in [1.54, 1.807) is 30.3 Å². The molecule has 0 aromatic heterocycles. The summed E-state index contributed by atoms with van der Waals surface area (Å²) in [6.07, 6.45) is 0. The summed E-state index contributed by atoms with van der Waals surface area (Å²) in [5, 5.41) is 2.56. The molecule has 0 bridgehead atoms. The Bertz CT molecular complexity index is 695. The van der Waals surface area contributed by atoms with Crippen molar-refractivity contribution in [3.05, 3.63) is 60.2 Å². The van der Waals surface area contributed by atoms with Crippen LogP contribution in [0.15, 0.2) is 53.4 Å². The van der Waals surface area contributed by atoms with Gasteiger partial charge in [0.15, 0.2) is 6.61 Å². The first kappa shape index (κ1) is 17.0. The maximum Gasteiger partial charge on any atom is 0.316 e. The van der Waals surface area contributed by atoms with Gasteiger partial charge in [0.25, 0.3) is 5.91 Å². The number of benzene rings is 2. The van der Waals surface area contributed by atoms with Crippen molar-refractivity contribution < 1.29 is 23.1 Å². The number of nitrogens with one attached hydrogen (secondary N) is 1. The number of carbonyl (C=O) groups is 2. The Labute approximate surface area is 135 Å². The predicted molar refractivity (Wildman–Crippen MR) is 83.1 cm³/mol. The van der Waals surface area contributed by atoms with Gasteiger partial charge in [0.05, 0.1) is 5.75 Å². The summed E-state index contributed by atoms with van der Waals surface area (Å²) < 4.78 is 31.1. The first-order valence-electron chi connectivity index (χ1n) is 6.63. The molecule has 1 N–H and O–H groups in total. The van der Waals surface area contributed by atoms with E-state index in [-0.39, 0.29) is 10.6 Å². The van der Waals surface area contributed by atoms with Crippen LogP contribution in [-0.4, -0.2) is 24.2 Å². The highest BCUT2D eigenvalue weighted by molar-refractivity contribution is 8.00. The Balaban J connectivity index is 1.74. The van der Waals surface area contributed by atoms with Crippen molar-refractivity contribution in [2.45, 2.75) is 4.90 Å². The maximum absolute atomic E-state index is 13.4. The average molecular weight is 337 g/mol. The van der Waals surface area contributed by atoms with E-state index < -0.39 is 30.1 Å². The molecular formula is C16H13F2NO3S. The minimum Gasteiger partial charge on any atom is -0.455 e. The highest BCUT2D eigenvalue weighted by atomic mass is 32.2. The lowest BCUT2D eigenvalue weighted by molar-refractivity contribution is -0.144. The van der Waals surface area contributed by atoms with Gasteiger partial charge in [-0.3, -0.25) is 9.59 Å². The third-order valence-corrected chi connectivity index (χ3v) is 3.66. The van der Waals surface area contributed by atoms with Gasteiger partial charge in [0.1, 0.15) is 11.6 Å². The number of anilines is 1. The van der Waals surface area contributed by atoms with Crippen LogP contribution in [0.3, 0.4) is 0 Å². The average Bonchev–Trinajstić information content (AvgIpc) is 2.54. The fourth-order valence-electron chi connectivity index (χ4n) is 1.63. The number of para-hydroxylation sites is 1. The van der Waals surface area contributed by atoms with E-state index >= 15 is 0 Å². The molecule has 1 amide bonds. The summed E-state index contributed by atoms with van der Waals surface area (Å²) in [6.45, 7) is -0.445. The topological polar surface area (TPSA) is 55.4 Å². The van der Waals surface area contributed by atoms with Gasteiger partial charge in [-0.2, -0.15) is 0 Å². The van der Waals surface area contributed by atoms with Gasteiger partial charge >= 0.3 is 5.97 Å². The summed E-state index contributed by atoms with van der Waals surface area (Å²) in [5.41, 5.74) is 0.588. The smallest absolute Gasteiger partial charge is 0.316 e. The molecule has 2 rings (SSSR count). The number of thioether (sulfide) groups is 1. The minimum atomic E-state index is -0.693. The van der Waals surface area contributed by atoms with Crippen LogP contribution in [0.25, 0.3) is 0 Å². The van der Waals surface area contributed by atoms with Gasteiger partial charge in [-0.15, -0.1) is 11.8 Å². The van der Waals surface area contributed by atoms with Crippen LogP contribution >= 0.6 is 11.8 Å². The van der Waals surface area contributed by atoms with Crippen molar-refractivity contribution in [2.75, 3.05) is 17.7 Å². The zero-order valence-corrected chi connectivity index (χ0v) is 12.7. The zero-order chi connectivity index (χ0) is 16.7. The standard InChI is InChI=1S/C16H13F2NO3S/c17-11-6-7-13(18)14(8-11)23-10-16(21)22-9-15(20)19-12-4-2-1-3-5-12/h1-8H,9-10H2,(H,19,20). The van der Waals surface area contributed by atoms with E-state index in [9.17, 15) is 18.4 Å². The van der Waals surface area contributed by atoms with Crippen LogP contribution in [0.4, 0.5) is 14.5 Å². The van der Waals surface area contributed by atoms with E-state index in [2.05, 4.69) is 5.32 Å². The van der Waals surface area contributed by atoms with E-state index in [0.717, 1.165) is 30.0 Å². The molecule has 0 fully saturated rings. The Morgan fingerprint density at radius 2 is 1.83 bits per heavy atom. The van der Waals surface area contributed by atoms with Gasteiger partial charge in [0.2, 0.25) is 0 Å². The van der Waals surface area contributed by atoms with Crippen LogP contribution in [0.1, 0.15) is 0 Å². The lowest BCUT2D eigenvalue weighted by Crippen LogP contribution is -2.21. The largest absolute Gasteiger partial charge is 0.455 e. The highest BCUT2D eigenvalue weighted by Gasteiger charge is 2.11. The van der Waals surface area contributed by atoms with E-state index in [1.807, 2.05) is 0 Å². The summed E-state index contributed by atoms with van der Waals surface area (Å²) in [4.78, 5) is 23.1. The number of ether oxygens (including phenoxy) is 1. The van der Waals surface area contributed by atoms with Crippen molar-refractivity contribution in [3.63, 3.8) is 0 Å². The molecule has 0 radical (unpaired) electrons. The van der Waals surface area contributed by atoms with Crippen LogP contribution in [-0.2, 0) is 14.3 Å². The first-order valence-corrected chi connectivity index (χ1v) is 7.61. The van der Waals surface area contributed by atoms with Crippen molar-refractivity contribution in [1.29, 1.82) is 0 Å². The number of rotatable bonds is 6. The Kier molecular flexibility index (Phi) is 6.10. The molecule has 0 aliphatic heterocycles. The molecular weight excluding hydrogens is 324 g/mol. The molecule has 4 nitrogen and oxygen atoms in total. The second-order valence-corrected chi connectivity index (χ2v) is 5.46. The second-order valence-electron chi connectivity index (χ2n) is 4.44. The van der Waals surface area contributed by atoms with Gasteiger partial charge in [-0.05, 0) is 30.3 Å². The van der Waals surface area contributed by atoms with Crippen molar-refractivity contribution in [2.24, 2.45) is 0 Å². The van der Waals surface area contributed by atoms with E-state index in [4.69, 9.17) is 4.74 Å². The highest BCUT2D eigenvalue weighted by Crippen LogP contribution is 2.22. The van der Waals surface area contributed by atoms with Gasteiger partial charge < -0.3 is 10.1 Å². The molecule has 0 atom stereocenters. The summed E-state index contributed by atoms with van der Waals surface area (Å²) in [6, 6.07) is 11.7. The number of amides is 1. The Hall–Kier alpha value is -2.41. The molecule has 2 aromatic carbocycles. The van der Waals surface area contributed by atoms with Gasteiger partial charge in [-0.1, -0.05) is 18.2 Å². The van der Waals surface area contributed by atoms with E-state index in [1.165, 1.54) is 0 Å². The summed E-state index contributed by atoms with van der Waals surface area (Å²) in [7, 11) is 0. The number of esters is 1. The maximum atomic E-state index is 13.4. The first-order chi connectivity index (χ1) is 11.0. The fraction of sp³-hybridized carbons (Fsp3) is 0.125. The molecule has 0 spiro atoms. The number of hydrogen-bond donors (Lipinski definition) is 1. The molecule has 23 heavy (non-hydrogen) atoms. The second kappa shape index (κ2) is 8.28. The molecule has 2 aromatic rings. The minimum absolute atomic E-state index is 0.00990. The van der Waals surface area contributed by atoms with Crippen LogP contribution in [0, 0.1) is 11.6 Å². The van der Waals surface area contributed by atoms with Gasteiger partial charge in [0, 0.05) is 10.6 Å². The summed E-state index contributed by atoms with van der Waals surface area (Å²) in [5.74, 6) is -2.61. The zero-order valence-electron chi connectivity index (χ0n) is 11.9. The van der Waals surface area contributed by atoms with Crippen LogP contribution < -0.4 is 5.32 Å². The number of carbonyl (C=O) groups excluding carboxylic acids is 2. The van der Waals surface area contributed by atoms with Crippen LogP contribution in [0.5, 0.6) is 0 Å².